The highest BCUT2D eigenvalue weighted by molar-refractivity contribution is 6.36. The van der Waals surface area contributed by atoms with Gasteiger partial charge in [-0.3, -0.25) is 4.79 Å². The molecule has 27 heavy (non-hydrogen) atoms. The number of hydrogen-bond acceptors (Lipinski definition) is 5. The molecule has 1 amide bonds. The van der Waals surface area contributed by atoms with Crippen molar-refractivity contribution in [2.24, 2.45) is 0 Å². The van der Waals surface area contributed by atoms with E-state index in [4.69, 9.17) is 27.9 Å². The lowest BCUT2D eigenvalue weighted by Crippen LogP contribution is -2.43. The number of amides is 1. The van der Waals surface area contributed by atoms with Gasteiger partial charge in [0.1, 0.15) is 6.04 Å². The Kier molecular flexibility index (Phi) is 7.21. The van der Waals surface area contributed by atoms with Gasteiger partial charge in [-0.1, -0.05) is 35.3 Å². The largest absolute Gasteiger partial charge is 0.467 e. The van der Waals surface area contributed by atoms with E-state index < -0.39 is 23.9 Å². The minimum Gasteiger partial charge on any atom is -0.467 e. The number of nitrogens with one attached hydrogen (secondary N) is 1. The Morgan fingerprint density at radius 1 is 0.963 bits per heavy atom. The van der Waals surface area contributed by atoms with Crippen LogP contribution >= 0.6 is 23.2 Å². The Bertz CT molecular complexity index is 849. The molecule has 0 saturated carbocycles. The summed E-state index contributed by atoms with van der Waals surface area (Å²) < 4.78 is 9.41. The molecule has 8 heteroatoms. The third-order valence-corrected chi connectivity index (χ3v) is 4.52. The summed E-state index contributed by atoms with van der Waals surface area (Å²) in [5.74, 6) is -1.78. The van der Waals surface area contributed by atoms with Crippen LogP contribution in [0.1, 0.15) is 26.3 Å². The summed E-state index contributed by atoms with van der Waals surface area (Å²) in [6.07, 6.45) is 0.0492. The number of carbonyl (C=O) groups is 3. The van der Waals surface area contributed by atoms with Crippen molar-refractivity contribution in [2.45, 2.75) is 12.5 Å². The number of halogens is 2. The fraction of sp³-hybridized carbons (Fsp3) is 0.211. The van der Waals surface area contributed by atoms with Crippen LogP contribution in [0.25, 0.3) is 0 Å². The second-order valence-corrected chi connectivity index (χ2v) is 6.34. The van der Waals surface area contributed by atoms with Crippen molar-refractivity contribution in [3.63, 3.8) is 0 Å². The fourth-order valence-corrected chi connectivity index (χ4v) is 2.97. The van der Waals surface area contributed by atoms with Crippen LogP contribution in [0.5, 0.6) is 0 Å². The van der Waals surface area contributed by atoms with Crippen LogP contribution in [0.15, 0.2) is 42.5 Å². The van der Waals surface area contributed by atoms with E-state index in [9.17, 15) is 14.4 Å². The van der Waals surface area contributed by atoms with E-state index in [1.807, 2.05) is 0 Å². The molecule has 0 fully saturated rings. The molecule has 0 unspecified atom stereocenters. The van der Waals surface area contributed by atoms with Crippen LogP contribution in [-0.2, 0) is 20.7 Å². The van der Waals surface area contributed by atoms with E-state index in [0.717, 1.165) is 0 Å². The first-order valence-electron chi connectivity index (χ1n) is 7.87. The van der Waals surface area contributed by atoms with E-state index in [-0.39, 0.29) is 17.5 Å². The first-order chi connectivity index (χ1) is 12.9. The minimum absolute atomic E-state index is 0.0492. The first kappa shape index (κ1) is 20.7. The van der Waals surface area contributed by atoms with Crippen molar-refractivity contribution in [1.82, 2.24) is 5.32 Å². The van der Waals surface area contributed by atoms with Gasteiger partial charge in [0.25, 0.3) is 5.91 Å². The fourth-order valence-electron chi connectivity index (χ4n) is 2.41. The molecule has 2 aromatic carbocycles. The number of carbonyl (C=O) groups excluding carboxylic acids is 3. The van der Waals surface area contributed by atoms with E-state index in [2.05, 4.69) is 10.1 Å². The van der Waals surface area contributed by atoms with Gasteiger partial charge < -0.3 is 14.8 Å². The smallest absolute Gasteiger partial charge is 0.337 e. The number of esters is 2. The van der Waals surface area contributed by atoms with Gasteiger partial charge >= 0.3 is 11.9 Å². The van der Waals surface area contributed by atoms with E-state index >= 15 is 0 Å². The van der Waals surface area contributed by atoms with Gasteiger partial charge in [-0.05, 0) is 35.9 Å². The monoisotopic (exact) mass is 409 g/mol. The van der Waals surface area contributed by atoms with E-state index in [0.29, 0.717) is 15.6 Å². The van der Waals surface area contributed by atoms with Gasteiger partial charge in [0.15, 0.2) is 0 Å². The molecule has 0 aliphatic rings. The average Bonchev–Trinajstić information content (AvgIpc) is 2.68. The summed E-state index contributed by atoms with van der Waals surface area (Å²) in [7, 11) is 2.46. The van der Waals surface area contributed by atoms with Gasteiger partial charge in [-0.15, -0.1) is 0 Å². The Balaban J connectivity index is 2.25. The molecule has 0 aromatic heterocycles. The third-order valence-electron chi connectivity index (χ3n) is 3.81. The van der Waals surface area contributed by atoms with Crippen molar-refractivity contribution in [3.8, 4) is 0 Å². The van der Waals surface area contributed by atoms with Crippen LogP contribution in [0.3, 0.4) is 0 Å². The van der Waals surface area contributed by atoms with Gasteiger partial charge in [-0.25, -0.2) is 9.59 Å². The summed E-state index contributed by atoms with van der Waals surface area (Å²) in [5, 5.41) is 3.34. The van der Waals surface area contributed by atoms with Crippen molar-refractivity contribution in [3.05, 3.63) is 69.2 Å². The summed E-state index contributed by atoms with van der Waals surface area (Å²) in [6.45, 7) is 0. The lowest BCUT2D eigenvalue weighted by molar-refractivity contribution is -0.142. The molecular formula is C19H17Cl2NO5. The molecule has 6 nitrogen and oxygen atoms in total. The summed E-state index contributed by atoms with van der Waals surface area (Å²) in [4.78, 5) is 36.3. The standard InChI is InChI=1S/C19H17Cl2NO5/c1-26-18(24)12-6-3-5-11(9-12)17(23)22-16(19(25)27-2)10-13-14(20)7-4-8-15(13)21/h3-9,16H,10H2,1-2H3,(H,22,23)/t16-/m0/s1. The Hall–Kier alpha value is -2.57. The quantitative estimate of drug-likeness (QED) is 0.740. The van der Waals surface area contributed by atoms with Crippen molar-refractivity contribution in [2.75, 3.05) is 14.2 Å². The maximum Gasteiger partial charge on any atom is 0.337 e. The normalized spacial score (nSPS) is 11.4. The maximum absolute atomic E-state index is 12.6. The predicted octanol–water partition coefficient (Wildman–Crippen LogP) is 3.29. The molecule has 0 saturated heterocycles. The van der Waals surface area contributed by atoms with Crippen LogP contribution in [-0.4, -0.2) is 38.1 Å². The van der Waals surface area contributed by atoms with Gasteiger partial charge in [0, 0.05) is 22.0 Å². The molecule has 0 heterocycles. The molecule has 2 aromatic rings. The van der Waals surface area contributed by atoms with Crippen LogP contribution in [0.4, 0.5) is 0 Å². The highest BCUT2D eigenvalue weighted by atomic mass is 35.5. The lowest BCUT2D eigenvalue weighted by Gasteiger charge is -2.18. The van der Waals surface area contributed by atoms with Crippen LogP contribution in [0, 0.1) is 0 Å². The SMILES string of the molecule is COC(=O)c1cccc(C(=O)N[C@@H](Cc2c(Cl)cccc2Cl)C(=O)OC)c1. The second-order valence-electron chi connectivity index (χ2n) is 5.53. The second kappa shape index (κ2) is 9.39. The lowest BCUT2D eigenvalue weighted by atomic mass is 10.0. The molecule has 1 N–H and O–H groups in total. The van der Waals surface area contributed by atoms with Crippen molar-refractivity contribution >= 4 is 41.0 Å². The zero-order valence-corrected chi connectivity index (χ0v) is 16.1. The molecule has 0 aliphatic carbocycles. The van der Waals surface area contributed by atoms with E-state index in [1.165, 1.54) is 32.4 Å². The molecular weight excluding hydrogens is 393 g/mol. The van der Waals surface area contributed by atoms with Gasteiger partial charge in [-0.2, -0.15) is 0 Å². The number of benzene rings is 2. The van der Waals surface area contributed by atoms with E-state index in [1.54, 1.807) is 24.3 Å². The number of ether oxygens (including phenoxy) is 2. The summed E-state index contributed by atoms with van der Waals surface area (Å²) in [6, 6.07) is 9.89. The maximum atomic E-state index is 12.6. The third kappa shape index (κ3) is 5.21. The molecule has 0 radical (unpaired) electrons. The summed E-state index contributed by atoms with van der Waals surface area (Å²) in [5.41, 5.74) is 0.922. The topological polar surface area (TPSA) is 81.7 Å². The molecule has 0 bridgehead atoms. The zero-order chi connectivity index (χ0) is 20.0. The minimum atomic E-state index is -1.01. The summed E-state index contributed by atoms with van der Waals surface area (Å²) >= 11 is 12.3. The highest BCUT2D eigenvalue weighted by Gasteiger charge is 2.25. The Morgan fingerprint density at radius 2 is 1.56 bits per heavy atom. The van der Waals surface area contributed by atoms with Crippen molar-refractivity contribution in [1.29, 1.82) is 0 Å². The highest BCUT2D eigenvalue weighted by Crippen LogP contribution is 2.25. The molecule has 0 aliphatic heterocycles. The predicted molar refractivity (Wildman–Crippen MR) is 101 cm³/mol. The average molecular weight is 410 g/mol. The van der Waals surface area contributed by atoms with Crippen molar-refractivity contribution < 1.29 is 23.9 Å². The number of hydrogen-bond donors (Lipinski definition) is 1. The van der Waals surface area contributed by atoms with Crippen LogP contribution in [0.2, 0.25) is 10.0 Å². The Morgan fingerprint density at radius 3 is 2.15 bits per heavy atom. The molecule has 2 rings (SSSR count). The Labute approximate surface area is 166 Å². The molecule has 142 valence electrons. The number of methoxy groups -OCH3 is 2. The van der Waals surface area contributed by atoms with Gasteiger partial charge in [0.2, 0.25) is 0 Å². The van der Waals surface area contributed by atoms with Crippen LogP contribution < -0.4 is 5.32 Å². The first-order valence-corrected chi connectivity index (χ1v) is 8.63. The zero-order valence-electron chi connectivity index (χ0n) is 14.6. The molecule has 1 atom stereocenters. The van der Waals surface area contributed by atoms with Gasteiger partial charge in [0.05, 0.1) is 19.8 Å². The molecule has 0 spiro atoms. The number of rotatable bonds is 6.